The summed E-state index contributed by atoms with van der Waals surface area (Å²) in [5.41, 5.74) is 1.04. The minimum Gasteiger partial charge on any atom is -0.337 e. The Morgan fingerprint density at radius 1 is 1.45 bits per heavy atom. The lowest BCUT2D eigenvalue weighted by Gasteiger charge is -2.32. The topological polar surface area (TPSA) is 46.1 Å². The Labute approximate surface area is 139 Å². The molecule has 1 aliphatic heterocycles. The van der Waals surface area contributed by atoms with Crippen LogP contribution in [0, 0.1) is 0 Å². The molecule has 0 saturated carbocycles. The first kappa shape index (κ1) is 15.5. The molecule has 0 unspecified atom stereocenters. The van der Waals surface area contributed by atoms with Crippen molar-refractivity contribution in [1.29, 1.82) is 0 Å². The Balaban J connectivity index is 1.69. The number of thioether (sulfide) groups is 1. The number of thiophene rings is 1. The van der Waals surface area contributed by atoms with Crippen LogP contribution < -0.4 is 0 Å². The molecule has 0 radical (unpaired) electrons. The van der Waals surface area contributed by atoms with Gasteiger partial charge in [-0.15, -0.1) is 23.1 Å². The van der Waals surface area contributed by atoms with Crippen molar-refractivity contribution in [3.05, 3.63) is 41.3 Å². The third-order valence-corrected chi connectivity index (χ3v) is 5.99. The maximum absolute atomic E-state index is 12.7. The minimum atomic E-state index is 0.159. The molecule has 0 aromatic carbocycles. The summed E-state index contributed by atoms with van der Waals surface area (Å²) in [5.74, 6) is 1.52. The Kier molecular flexibility index (Phi) is 5.10. The van der Waals surface area contributed by atoms with Crippen molar-refractivity contribution in [3.8, 4) is 0 Å². The number of amides is 1. The Morgan fingerprint density at radius 2 is 2.36 bits per heavy atom. The number of rotatable bonds is 4. The average Bonchev–Trinajstić information content (AvgIpc) is 3.04. The van der Waals surface area contributed by atoms with Gasteiger partial charge in [-0.3, -0.25) is 4.79 Å². The van der Waals surface area contributed by atoms with Crippen LogP contribution in [0.1, 0.15) is 41.0 Å². The molecule has 4 nitrogen and oxygen atoms in total. The molecular formula is C16H19N3OS2. The summed E-state index contributed by atoms with van der Waals surface area (Å²) in [6.07, 6.45) is 5.48. The quantitative estimate of drug-likeness (QED) is 0.801. The fourth-order valence-electron chi connectivity index (χ4n) is 2.76. The van der Waals surface area contributed by atoms with Crippen LogP contribution in [-0.2, 0) is 0 Å². The predicted octanol–water partition coefficient (Wildman–Crippen LogP) is 3.67. The van der Waals surface area contributed by atoms with Gasteiger partial charge in [0, 0.05) is 30.9 Å². The molecule has 2 aromatic rings. The van der Waals surface area contributed by atoms with Gasteiger partial charge in [0.05, 0.1) is 9.09 Å². The zero-order chi connectivity index (χ0) is 15.4. The third-order valence-electron chi connectivity index (χ3n) is 3.81. The third kappa shape index (κ3) is 3.50. The van der Waals surface area contributed by atoms with E-state index in [1.54, 1.807) is 35.6 Å². The van der Waals surface area contributed by atoms with Gasteiger partial charge < -0.3 is 4.90 Å². The molecule has 0 spiro atoms. The van der Waals surface area contributed by atoms with E-state index >= 15 is 0 Å². The maximum Gasteiger partial charge on any atom is 0.263 e. The fraction of sp³-hybridized carbons (Fsp3) is 0.438. The molecule has 6 heteroatoms. The largest absolute Gasteiger partial charge is 0.337 e. The molecule has 1 saturated heterocycles. The molecule has 3 heterocycles. The summed E-state index contributed by atoms with van der Waals surface area (Å²) >= 11 is 3.39. The molecule has 0 aliphatic carbocycles. The summed E-state index contributed by atoms with van der Waals surface area (Å²) in [4.78, 5) is 23.8. The van der Waals surface area contributed by atoms with Crippen molar-refractivity contribution >= 4 is 29.0 Å². The molecule has 3 rings (SSSR count). The van der Waals surface area contributed by atoms with Crippen molar-refractivity contribution in [2.45, 2.75) is 29.9 Å². The summed E-state index contributed by atoms with van der Waals surface area (Å²) in [6.45, 7) is 3.72. The summed E-state index contributed by atoms with van der Waals surface area (Å²) < 4.78 is 1.22. The SMILES string of the molecule is CCSc1ccc(C(=O)N2CCC[C@@H](c3ccncn3)C2)s1. The Hall–Kier alpha value is -1.40. The van der Waals surface area contributed by atoms with E-state index in [1.807, 2.05) is 17.0 Å². The molecule has 22 heavy (non-hydrogen) atoms. The van der Waals surface area contributed by atoms with E-state index in [9.17, 15) is 4.79 Å². The van der Waals surface area contributed by atoms with Crippen LogP contribution in [0.5, 0.6) is 0 Å². The zero-order valence-corrected chi connectivity index (χ0v) is 14.2. The van der Waals surface area contributed by atoms with Gasteiger partial charge in [0.25, 0.3) is 5.91 Å². The molecule has 0 bridgehead atoms. The van der Waals surface area contributed by atoms with Crippen LogP contribution in [-0.4, -0.2) is 39.6 Å². The molecule has 1 aliphatic rings. The fourth-order valence-corrected chi connectivity index (χ4v) is 4.77. The molecule has 2 aromatic heterocycles. The van der Waals surface area contributed by atoms with E-state index in [2.05, 4.69) is 23.0 Å². The van der Waals surface area contributed by atoms with Crippen molar-refractivity contribution in [3.63, 3.8) is 0 Å². The summed E-state index contributed by atoms with van der Waals surface area (Å²) in [5, 5.41) is 0. The van der Waals surface area contributed by atoms with Crippen molar-refractivity contribution in [1.82, 2.24) is 14.9 Å². The van der Waals surface area contributed by atoms with Crippen molar-refractivity contribution in [2.75, 3.05) is 18.8 Å². The van der Waals surface area contributed by atoms with Crippen LogP contribution in [0.2, 0.25) is 0 Å². The van der Waals surface area contributed by atoms with Crippen LogP contribution in [0.4, 0.5) is 0 Å². The number of piperidine rings is 1. The number of likely N-dealkylation sites (tertiary alicyclic amines) is 1. The van der Waals surface area contributed by atoms with E-state index in [0.29, 0.717) is 5.92 Å². The van der Waals surface area contributed by atoms with Crippen LogP contribution in [0.3, 0.4) is 0 Å². The second-order valence-electron chi connectivity index (χ2n) is 5.28. The average molecular weight is 333 g/mol. The number of hydrogen-bond acceptors (Lipinski definition) is 5. The molecular weight excluding hydrogens is 314 g/mol. The number of nitrogens with zero attached hydrogens (tertiary/aromatic N) is 3. The molecule has 116 valence electrons. The van der Waals surface area contributed by atoms with Crippen molar-refractivity contribution < 1.29 is 4.79 Å². The highest BCUT2D eigenvalue weighted by Crippen LogP contribution is 2.30. The number of aromatic nitrogens is 2. The monoisotopic (exact) mass is 333 g/mol. The molecule has 1 amide bonds. The van der Waals surface area contributed by atoms with Crippen LogP contribution in [0.15, 0.2) is 34.9 Å². The van der Waals surface area contributed by atoms with Gasteiger partial charge >= 0.3 is 0 Å². The van der Waals surface area contributed by atoms with Crippen LogP contribution >= 0.6 is 23.1 Å². The minimum absolute atomic E-state index is 0.159. The van der Waals surface area contributed by atoms with E-state index in [0.717, 1.165) is 42.3 Å². The highest BCUT2D eigenvalue weighted by molar-refractivity contribution is 8.01. The van der Waals surface area contributed by atoms with Gasteiger partial charge in [0.2, 0.25) is 0 Å². The van der Waals surface area contributed by atoms with Gasteiger partial charge in [0.1, 0.15) is 6.33 Å². The normalized spacial score (nSPS) is 18.4. The number of carbonyl (C=O) groups excluding carboxylic acids is 1. The van der Waals surface area contributed by atoms with E-state index in [-0.39, 0.29) is 5.91 Å². The smallest absolute Gasteiger partial charge is 0.263 e. The first-order valence-electron chi connectivity index (χ1n) is 7.55. The van der Waals surface area contributed by atoms with E-state index < -0.39 is 0 Å². The summed E-state index contributed by atoms with van der Waals surface area (Å²) in [7, 11) is 0. The van der Waals surface area contributed by atoms with Gasteiger partial charge in [-0.2, -0.15) is 0 Å². The predicted molar refractivity (Wildman–Crippen MR) is 90.6 cm³/mol. The van der Waals surface area contributed by atoms with E-state index in [1.165, 1.54) is 4.21 Å². The lowest BCUT2D eigenvalue weighted by atomic mass is 9.94. The first-order chi connectivity index (χ1) is 10.8. The number of hydrogen-bond donors (Lipinski definition) is 0. The highest BCUT2D eigenvalue weighted by atomic mass is 32.2. The molecule has 0 N–H and O–H groups in total. The van der Waals surface area contributed by atoms with Gasteiger partial charge in [0.15, 0.2) is 0 Å². The van der Waals surface area contributed by atoms with Gasteiger partial charge in [-0.05, 0) is 36.8 Å². The lowest BCUT2D eigenvalue weighted by molar-refractivity contribution is 0.0711. The standard InChI is InChI=1S/C16H19N3OS2/c1-2-21-15-6-5-14(22-15)16(20)19-9-3-4-12(10-19)13-7-8-17-11-18-13/h5-8,11-12H,2-4,9-10H2,1H3/t12-/m1/s1. The van der Waals surface area contributed by atoms with Gasteiger partial charge in [-0.25, -0.2) is 9.97 Å². The summed E-state index contributed by atoms with van der Waals surface area (Å²) in [6, 6.07) is 5.97. The second-order valence-corrected chi connectivity index (χ2v) is 7.92. The Morgan fingerprint density at radius 3 is 3.14 bits per heavy atom. The number of carbonyl (C=O) groups is 1. The molecule has 1 fully saturated rings. The molecule has 1 atom stereocenters. The maximum atomic E-state index is 12.7. The Bertz CT molecular complexity index is 629. The second kappa shape index (κ2) is 7.24. The van der Waals surface area contributed by atoms with Crippen molar-refractivity contribution in [2.24, 2.45) is 0 Å². The van der Waals surface area contributed by atoms with Crippen LogP contribution in [0.25, 0.3) is 0 Å². The van der Waals surface area contributed by atoms with Gasteiger partial charge in [-0.1, -0.05) is 6.92 Å². The first-order valence-corrected chi connectivity index (χ1v) is 9.36. The zero-order valence-electron chi connectivity index (χ0n) is 12.6. The van der Waals surface area contributed by atoms with E-state index in [4.69, 9.17) is 0 Å². The lowest BCUT2D eigenvalue weighted by Crippen LogP contribution is -2.39. The highest BCUT2D eigenvalue weighted by Gasteiger charge is 2.26.